The molecule has 4 aromatic carbocycles. The second-order valence-corrected chi connectivity index (χ2v) is 10.6. The van der Waals surface area contributed by atoms with Crippen molar-refractivity contribution >= 4 is 29.3 Å². The van der Waals surface area contributed by atoms with Gasteiger partial charge in [-0.15, -0.1) is 0 Å². The molecule has 0 atom stereocenters. The molecule has 2 amide bonds. The molecule has 0 aliphatic rings. The highest BCUT2D eigenvalue weighted by molar-refractivity contribution is 6.01. The quantitative estimate of drug-likeness (QED) is 0.188. The maximum absolute atomic E-state index is 12.6. The van der Waals surface area contributed by atoms with E-state index in [1.54, 1.807) is 78.9 Å². The van der Waals surface area contributed by atoms with E-state index in [2.05, 4.69) is 10.6 Å². The fraction of sp³-hybridized carbons (Fsp3) is 0.206. The summed E-state index contributed by atoms with van der Waals surface area (Å²) >= 11 is 0. The van der Waals surface area contributed by atoms with Gasteiger partial charge in [-0.05, 0) is 80.9 Å². The fourth-order valence-corrected chi connectivity index (χ4v) is 4.02. The Morgan fingerprint density at radius 3 is 1.93 bits per heavy atom. The van der Waals surface area contributed by atoms with Crippen LogP contribution in [0.25, 0.3) is 0 Å². The summed E-state index contributed by atoms with van der Waals surface area (Å²) in [6, 6.07) is 28.4. The van der Waals surface area contributed by atoms with E-state index in [9.17, 15) is 14.4 Å². The van der Waals surface area contributed by atoms with Crippen LogP contribution in [0.3, 0.4) is 0 Å². The molecule has 9 nitrogen and oxygen atoms in total. The average molecular weight is 583 g/mol. The van der Waals surface area contributed by atoms with E-state index in [0.29, 0.717) is 34.2 Å². The van der Waals surface area contributed by atoms with Crippen LogP contribution < -0.4 is 20.1 Å². The van der Waals surface area contributed by atoms with E-state index >= 15 is 0 Å². The van der Waals surface area contributed by atoms with Gasteiger partial charge in [0.1, 0.15) is 29.5 Å². The van der Waals surface area contributed by atoms with Crippen molar-refractivity contribution in [1.82, 2.24) is 0 Å². The molecule has 2 N–H and O–H groups in total. The second-order valence-electron chi connectivity index (χ2n) is 10.6. The van der Waals surface area contributed by atoms with Gasteiger partial charge in [-0.1, -0.05) is 42.5 Å². The van der Waals surface area contributed by atoms with Crippen LogP contribution in [0.2, 0.25) is 0 Å². The van der Waals surface area contributed by atoms with Gasteiger partial charge in [-0.3, -0.25) is 10.1 Å². The molecular formula is C34H34N2O7. The van der Waals surface area contributed by atoms with E-state index in [-0.39, 0.29) is 18.9 Å². The first kappa shape index (κ1) is 30.6. The monoisotopic (exact) mass is 582 g/mol. The van der Waals surface area contributed by atoms with E-state index in [0.717, 1.165) is 11.1 Å². The lowest BCUT2D eigenvalue weighted by Crippen LogP contribution is -2.27. The number of nitrogens with one attached hydrogen (secondary N) is 2. The maximum Gasteiger partial charge on any atom is 0.412 e. The number of amides is 2. The first-order chi connectivity index (χ1) is 20.6. The number of rotatable bonds is 10. The van der Waals surface area contributed by atoms with Crippen LogP contribution >= 0.6 is 0 Å². The van der Waals surface area contributed by atoms with Crippen molar-refractivity contribution in [3.8, 4) is 17.2 Å². The van der Waals surface area contributed by atoms with Crippen LogP contribution in [-0.2, 0) is 27.3 Å². The third kappa shape index (κ3) is 9.36. The van der Waals surface area contributed by atoms with Crippen LogP contribution in [0.1, 0.15) is 42.3 Å². The summed E-state index contributed by atoms with van der Waals surface area (Å²) in [4.78, 5) is 36.7. The number of methoxy groups -OCH3 is 1. The highest BCUT2D eigenvalue weighted by Crippen LogP contribution is 2.26. The topological polar surface area (TPSA) is 112 Å². The summed E-state index contributed by atoms with van der Waals surface area (Å²) < 4.78 is 22.0. The number of carbonyl (C=O) groups is 3. The summed E-state index contributed by atoms with van der Waals surface area (Å²) in [5.41, 5.74) is 2.29. The predicted molar refractivity (Wildman–Crippen MR) is 164 cm³/mol. The van der Waals surface area contributed by atoms with Gasteiger partial charge in [0.2, 0.25) is 5.91 Å². The zero-order chi connectivity index (χ0) is 30.8. The molecule has 0 aromatic heterocycles. The number of hydrogen-bond donors (Lipinski definition) is 2. The molecule has 0 saturated carbocycles. The number of hydrogen-bond acceptors (Lipinski definition) is 7. The Hall–Kier alpha value is -5.31. The Morgan fingerprint density at radius 2 is 1.28 bits per heavy atom. The molecule has 0 radical (unpaired) electrons. The molecule has 0 aliphatic carbocycles. The highest BCUT2D eigenvalue weighted by atomic mass is 16.6. The van der Waals surface area contributed by atoms with Gasteiger partial charge in [-0.2, -0.15) is 0 Å². The van der Waals surface area contributed by atoms with Crippen molar-refractivity contribution in [2.45, 2.75) is 39.4 Å². The number of anilines is 2. The molecule has 43 heavy (non-hydrogen) atoms. The minimum Gasteiger partial charge on any atom is -0.489 e. The third-order valence-electron chi connectivity index (χ3n) is 6.00. The smallest absolute Gasteiger partial charge is 0.412 e. The first-order valence-electron chi connectivity index (χ1n) is 13.6. The summed E-state index contributed by atoms with van der Waals surface area (Å²) in [7, 11) is 1.29. The Kier molecular flexibility index (Phi) is 10.0. The number of para-hydroxylation sites is 2. The minimum absolute atomic E-state index is 0.123. The average Bonchev–Trinajstić information content (AvgIpc) is 2.97. The molecule has 0 unspecified atom stereocenters. The van der Waals surface area contributed by atoms with Gasteiger partial charge in [0.25, 0.3) is 0 Å². The van der Waals surface area contributed by atoms with Gasteiger partial charge >= 0.3 is 12.1 Å². The number of ether oxygens (including phenoxy) is 4. The van der Waals surface area contributed by atoms with E-state index in [1.807, 2.05) is 39.0 Å². The summed E-state index contributed by atoms with van der Waals surface area (Å²) in [5, 5.41) is 5.54. The van der Waals surface area contributed by atoms with Gasteiger partial charge in [-0.25, -0.2) is 9.59 Å². The van der Waals surface area contributed by atoms with Crippen molar-refractivity contribution < 1.29 is 33.3 Å². The Morgan fingerprint density at radius 1 is 0.698 bits per heavy atom. The van der Waals surface area contributed by atoms with Crippen LogP contribution in [-0.4, -0.2) is 30.7 Å². The Labute approximate surface area is 250 Å². The molecule has 9 heteroatoms. The van der Waals surface area contributed by atoms with Gasteiger partial charge in [0.05, 0.1) is 30.5 Å². The largest absolute Gasteiger partial charge is 0.489 e. The van der Waals surface area contributed by atoms with Crippen molar-refractivity contribution in [2.75, 3.05) is 17.7 Å². The lowest BCUT2D eigenvalue weighted by atomic mass is 10.1. The van der Waals surface area contributed by atoms with Crippen molar-refractivity contribution in [3.05, 3.63) is 114 Å². The van der Waals surface area contributed by atoms with Crippen LogP contribution in [0.15, 0.2) is 97.1 Å². The summed E-state index contributed by atoms with van der Waals surface area (Å²) in [6.07, 6.45) is -0.405. The minimum atomic E-state index is -0.598. The van der Waals surface area contributed by atoms with Crippen LogP contribution in [0, 0.1) is 0 Å². The van der Waals surface area contributed by atoms with Gasteiger partial charge in [0.15, 0.2) is 0 Å². The molecule has 0 spiro atoms. The maximum atomic E-state index is 12.6. The molecule has 0 fully saturated rings. The number of esters is 1. The van der Waals surface area contributed by atoms with E-state index in [4.69, 9.17) is 18.9 Å². The molecule has 0 saturated heterocycles. The zero-order valence-electron chi connectivity index (χ0n) is 24.5. The van der Waals surface area contributed by atoms with E-state index in [1.165, 1.54) is 7.11 Å². The fourth-order valence-electron chi connectivity index (χ4n) is 4.02. The molecular weight excluding hydrogens is 548 g/mol. The number of carbonyl (C=O) groups excluding carboxylic acids is 3. The molecule has 4 aromatic rings. The summed E-state index contributed by atoms with van der Waals surface area (Å²) in [6.45, 7) is 5.67. The van der Waals surface area contributed by atoms with Gasteiger partial charge < -0.3 is 24.3 Å². The first-order valence-corrected chi connectivity index (χ1v) is 13.6. The van der Waals surface area contributed by atoms with Crippen molar-refractivity contribution in [1.29, 1.82) is 0 Å². The SMILES string of the molecule is COC(=O)c1ccccc1NC(=O)Cc1ccc(Oc2ccc(OCc3ccccc3NC(=O)OC(C)(C)C)cc2)cc1. The molecule has 0 aliphatic heterocycles. The number of benzene rings is 4. The Balaban J connectivity index is 1.29. The van der Waals surface area contributed by atoms with E-state index < -0.39 is 17.7 Å². The standard InChI is InChI=1S/C34H34N2O7/c1-34(2,3)43-33(39)36-29-11-7-5-9-24(29)22-41-25-17-19-27(20-18-25)42-26-15-13-23(14-16-26)21-31(37)35-30-12-8-6-10-28(30)32(38)40-4/h5-20H,21-22H2,1-4H3,(H,35,37)(H,36,39). The Bertz CT molecular complexity index is 1560. The molecule has 4 rings (SSSR count). The van der Waals surface area contributed by atoms with Crippen molar-refractivity contribution in [2.24, 2.45) is 0 Å². The zero-order valence-corrected chi connectivity index (χ0v) is 24.5. The third-order valence-corrected chi connectivity index (χ3v) is 6.00. The van der Waals surface area contributed by atoms with Crippen LogP contribution in [0.5, 0.6) is 17.2 Å². The van der Waals surface area contributed by atoms with Crippen LogP contribution in [0.4, 0.5) is 16.2 Å². The van der Waals surface area contributed by atoms with Gasteiger partial charge in [0, 0.05) is 5.56 Å². The van der Waals surface area contributed by atoms with Crippen molar-refractivity contribution in [3.63, 3.8) is 0 Å². The summed E-state index contributed by atoms with van der Waals surface area (Å²) in [5.74, 6) is 1.08. The second kappa shape index (κ2) is 14.0. The lowest BCUT2D eigenvalue weighted by molar-refractivity contribution is -0.115. The normalized spacial score (nSPS) is 10.8. The molecule has 0 bridgehead atoms. The molecule has 222 valence electrons. The molecule has 0 heterocycles. The highest BCUT2D eigenvalue weighted by Gasteiger charge is 2.17. The lowest BCUT2D eigenvalue weighted by Gasteiger charge is -2.20. The predicted octanol–water partition coefficient (Wildman–Crippen LogP) is 7.37.